The standard InChI is InChI=1S/C8H15NO4S/c1-6-4-7(5-6)9-14(12,13)3-2-8(10)11/h6-7,9H,2-5H2,1H3,(H,10,11). The summed E-state index contributed by atoms with van der Waals surface area (Å²) in [6.45, 7) is 2.06. The second-order valence-electron chi connectivity index (χ2n) is 3.85. The molecule has 5 nitrogen and oxygen atoms in total. The minimum atomic E-state index is -3.39. The second kappa shape index (κ2) is 4.27. The minimum Gasteiger partial charge on any atom is -0.481 e. The van der Waals surface area contributed by atoms with E-state index in [1.807, 2.05) is 0 Å². The van der Waals surface area contributed by atoms with Crippen LogP contribution in [-0.4, -0.2) is 31.3 Å². The molecule has 0 aliphatic heterocycles. The van der Waals surface area contributed by atoms with E-state index >= 15 is 0 Å². The summed E-state index contributed by atoms with van der Waals surface area (Å²) in [7, 11) is -3.39. The SMILES string of the molecule is CC1CC(NS(=O)(=O)CCC(=O)O)C1. The molecule has 0 bridgehead atoms. The van der Waals surface area contributed by atoms with Crippen molar-refractivity contribution in [3.05, 3.63) is 0 Å². The summed E-state index contributed by atoms with van der Waals surface area (Å²) in [5.41, 5.74) is 0. The van der Waals surface area contributed by atoms with E-state index < -0.39 is 16.0 Å². The number of hydrogen-bond donors (Lipinski definition) is 2. The van der Waals surface area contributed by atoms with E-state index in [1.54, 1.807) is 0 Å². The van der Waals surface area contributed by atoms with Crippen LogP contribution in [0.3, 0.4) is 0 Å². The molecule has 6 heteroatoms. The molecule has 0 aromatic rings. The van der Waals surface area contributed by atoms with E-state index in [-0.39, 0.29) is 18.2 Å². The van der Waals surface area contributed by atoms with Crippen LogP contribution in [0.5, 0.6) is 0 Å². The molecule has 0 unspecified atom stereocenters. The Morgan fingerprint density at radius 1 is 1.50 bits per heavy atom. The van der Waals surface area contributed by atoms with Crippen LogP contribution in [0.4, 0.5) is 0 Å². The lowest BCUT2D eigenvalue weighted by molar-refractivity contribution is -0.136. The van der Waals surface area contributed by atoms with Crippen LogP contribution in [-0.2, 0) is 14.8 Å². The fraction of sp³-hybridized carbons (Fsp3) is 0.875. The Morgan fingerprint density at radius 2 is 2.07 bits per heavy atom. The fourth-order valence-corrected chi connectivity index (χ4v) is 2.79. The normalized spacial score (nSPS) is 26.9. The highest BCUT2D eigenvalue weighted by molar-refractivity contribution is 7.89. The van der Waals surface area contributed by atoms with Crippen molar-refractivity contribution in [2.75, 3.05) is 5.75 Å². The third kappa shape index (κ3) is 3.63. The van der Waals surface area contributed by atoms with Gasteiger partial charge in [0.2, 0.25) is 10.0 Å². The van der Waals surface area contributed by atoms with Gasteiger partial charge in [0, 0.05) is 6.04 Å². The van der Waals surface area contributed by atoms with Crippen molar-refractivity contribution in [3.8, 4) is 0 Å². The Balaban J connectivity index is 2.31. The monoisotopic (exact) mass is 221 g/mol. The Kier molecular flexibility index (Phi) is 3.49. The molecule has 82 valence electrons. The molecule has 0 atom stereocenters. The zero-order valence-corrected chi connectivity index (χ0v) is 8.88. The Morgan fingerprint density at radius 3 is 2.50 bits per heavy atom. The predicted molar refractivity (Wildman–Crippen MR) is 51.4 cm³/mol. The van der Waals surface area contributed by atoms with Crippen molar-refractivity contribution >= 4 is 16.0 Å². The smallest absolute Gasteiger partial charge is 0.304 e. The zero-order valence-electron chi connectivity index (χ0n) is 8.06. The highest BCUT2D eigenvalue weighted by Gasteiger charge is 2.28. The van der Waals surface area contributed by atoms with Crippen LogP contribution in [0.1, 0.15) is 26.2 Å². The van der Waals surface area contributed by atoms with E-state index in [2.05, 4.69) is 11.6 Å². The van der Waals surface area contributed by atoms with Gasteiger partial charge >= 0.3 is 5.97 Å². The summed E-state index contributed by atoms with van der Waals surface area (Å²) in [6, 6.07) is 0.0174. The average Bonchev–Trinajstić information content (AvgIpc) is 1.98. The molecule has 0 aromatic heterocycles. The molecule has 1 saturated carbocycles. The van der Waals surface area contributed by atoms with Gasteiger partial charge in [0.05, 0.1) is 12.2 Å². The van der Waals surface area contributed by atoms with Crippen molar-refractivity contribution in [2.24, 2.45) is 5.92 Å². The first-order valence-corrected chi connectivity index (χ1v) is 6.26. The third-order valence-corrected chi connectivity index (χ3v) is 3.74. The largest absolute Gasteiger partial charge is 0.481 e. The highest BCUT2D eigenvalue weighted by Crippen LogP contribution is 2.26. The van der Waals surface area contributed by atoms with Crippen LogP contribution < -0.4 is 4.72 Å². The van der Waals surface area contributed by atoms with E-state index in [4.69, 9.17) is 5.11 Å². The summed E-state index contributed by atoms with van der Waals surface area (Å²) in [4.78, 5) is 10.2. The molecule has 0 amide bonds. The fourth-order valence-electron chi connectivity index (χ4n) is 1.53. The van der Waals surface area contributed by atoms with Gasteiger partial charge in [-0.15, -0.1) is 0 Å². The van der Waals surface area contributed by atoms with Crippen molar-refractivity contribution in [1.29, 1.82) is 0 Å². The first kappa shape index (κ1) is 11.5. The van der Waals surface area contributed by atoms with Crippen LogP contribution in [0.15, 0.2) is 0 Å². The van der Waals surface area contributed by atoms with Gasteiger partial charge in [-0.25, -0.2) is 13.1 Å². The Labute approximate surface area is 83.6 Å². The number of carbonyl (C=O) groups is 1. The van der Waals surface area contributed by atoms with Crippen LogP contribution in [0.25, 0.3) is 0 Å². The predicted octanol–water partition coefficient (Wildman–Crippen LogP) is 0.179. The summed E-state index contributed by atoms with van der Waals surface area (Å²) >= 11 is 0. The van der Waals surface area contributed by atoms with Gasteiger partial charge in [-0.2, -0.15) is 0 Å². The molecule has 0 aromatic carbocycles. The Bertz CT molecular complexity index is 305. The molecular weight excluding hydrogens is 206 g/mol. The summed E-state index contributed by atoms with van der Waals surface area (Å²) in [6.07, 6.45) is 1.37. The maximum Gasteiger partial charge on any atom is 0.304 e. The molecule has 2 N–H and O–H groups in total. The molecule has 1 rings (SSSR count). The Hall–Kier alpha value is -0.620. The second-order valence-corrected chi connectivity index (χ2v) is 5.73. The lowest BCUT2D eigenvalue weighted by Crippen LogP contribution is -2.44. The van der Waals surface area contributed by atoms with E-state index in [0.717, 1.165) is 12.8 Å². The third-order valence-electron chi connectivity index (χ3n) is 2.30. The molecule has 0 saturated heterocycles. The number of nitrogens with one attached hydrogen (secondary N) is 1. The topological polar surface area (TPSA) is 83.5 Å². The molecule has 14 heavy (non-hydrogen) atoms. The zero-order chi connectivity index (χ0) is 10.8. The summed E-state index contributed by atoms with van der Waals surface area (Å²) in [5, 5.41) is 8.33. The molecule has 1 aliphatic carbocycles. The van der Waals surface area contributed by atoms with Crippen LogP contribution in [0.2, 0.25) is 0 Å². The maximum atomic E-state index is 11.3. The number of carboxylic acids is 1. The lowest BCUT2D eigenvalue weighted by Gasteiger charge is -2.32. The van der Waals surface area contributed by atoms with Gasteiger partial charge in [0.25, 0.3) is 0 Å². The number of carboxylic acid groups (broad SMARTS) is 1. The first-order valence-electron chi connectivity index (χ1n) is 4.61. The van der Waals surface area contributed by atoms with Gasteiger partial charge in [-0.05, 0) is 18.8 Å². The number of rotatable bonds is 5. The maximum absolute atomic E-state index is 11.3. The van der Waals surface area contributed by atoms with Crippen molar-refractivity contribution in [3.63, 3.8) is 0 Å². The van der Waals surface area contributed by atoms with Crippen molar-refractivity contribution in [2.45, 2.75) is 32.2 Å². The first-order chi connectivity index (χ1) is 6.39. The molecule has 1 aliphatic rings. The summed E-state index contributed by atoms with van der Waals surface area (Å²) < 4.78 is 25.0. The lowest BCUT2D eigenvalue weighted by atomic mass is 9.83. The quantitative estimate of drug-likeness (QED) is 0.693. The van der Waals surface area contributed by atoms with Crippen LogP contribution in [0, 0.1) is 5.92 Å². The van der Waals surface area contributed by atoms with Gasteiger partial charge in [0.1, 0.15) is 0 Å². The van der Waals surface area contributed by atoms with Gasteiger partial charge in [0.15, 0.2) is 0 Å². The summed E-state index contributed by atoms with van der Waals surface area (Å²) in [5.74, 6) is -0.841. The molecule has 0 spiro atoms. The number of hydrogen-bond acceptors (Lipinski definition) is 3. The van der Waals surface area contributed by atoms with Gasteiger partial charge in [-0.3, -0.25) is 4.79 Å². The number of sulfonamides is 1. The highest BCUT2D eigenvalue weighted by atomic mass is 32.2. The van der Waals surface area contributed by atoms with E-state index in [9.17, 15) is 13.2 Å². The average molecular weight is 221 g/mol. The molecular formula is C8H15NO4S. The molecule has 1 fully saturated rings. The van der Waals surface area contributed by atoms with Gasteiger partial charge in [-0.1, -0.05) is 6.92 Å². The van der Waals surface area contributed by atoms with Crippen molar-refractivity contribution < 1.29 is 18.3 Å². The number of aliphatic carboxylic acids is 1. The van der Waals surface area contributed by atoms with E-state index in [1.165, 1.54) is 0 Å². The van der Waals surface area contributed by atoms with Gasteiger partial charge < -0.3 is 5.11 Å². The van der Waals surface area contributed by atoms with Crippen LogP contribution >= 0.6 is 0 Å². The molecule has 0 heterocycles. The van der Waals surface area contributed by atoms with Crippen molar-refractivity contribution in [1.82, 2.24) is 4.72 Å². The minimum absolute atomic E-state index is 0.0174. The molecule has 0 radical (unpaired) electrons. The van der Waals surface area contributed by atoms with E-state index in [0.29, 0.717) is 5.92 Å².